The van der Waals surface area contributed by atoms with Gasteiger partial charge in [0, 0.05) is 18.2 Å². The summed E-state index contributed by atoms with van der Waals surface area (Å²) in [5.41, 5.74) is 0. The van der Waals surface area contributed by atoms with E-state index in [-0.39, 0.29) is 24.3 Å². The second kappa shape index (κ2) is 4.36. The number of ketones is 1. The van der Waals surface area contributed by atoms with E-state index in [1.807, 2.05) is 0 Å². The molecule has 3 amide bonds. The molecule has 6 nitrogen and oxygen atoms in total. The SMILES string of the molecule is CC(=O)CN1C(=O)C(N2C(=O)C=CC2=O)CC1C. The highest BCUT2D eigenvalue weighted by atomic mass is 16.2. The number of imide groups is 1. The highest BCUT2D eigenvalue weighted by Gasteiger charge is 2.45. The molecule has 0 bridgehead atoms. The predicted molar refractivity (Wildman–Crippen MR) is 61.3 cm³/mol. The molecular weight excluding hydrogens is 236 g/mol. The number of likely N-dealkylation sites (tertiary alicyclic amines) is 1. The van der Waals surface area contributed by atoms with Crippen molar-refractivity contribution in [2.75, 3.05) is 6.54 Å². The number of nitrogens with zero attached hydrogens (tertiary/aromatic N) is 2. The van der Waals surface area contributed by atoms with Gasteiger partial charge in [-0.1, -0.05) is 0 Å². The Bertz CT molecular complexity index is 451. The first kappa shape index (κ1) is 12.5. The van der Waals surface area contributed by atoms with Crippen molar-refractivity contribution in [2.24, 2.45) is 0 Å². The highest BCUT2D eigenvalue weighted by Crippen LogP contribution is 2.25. The van der Waals surface area contributed by atoms with E-state index in [0.717, 1.165) is 17.1 Å². The Morgan fingerprint density at radius 1 is 1.28 bits per heavy atom. The number of carbonyl (C=O) groups excluding carboxylic acids is 4. The zero-order chi connectivity index (χ0) is 13.4. The first-order valence-electron chi connectivity index (χ1n) is 5.77. The molecule has 2 unspecified atom stereocenters. The predicted octanol–water partition coefficient (Wildman–Crippen LogP) is -0.510. The van der Waals surface area contributed by atoms with Gasteiger partial charge in [0.1, 0.15) is 11.8 Å². The third-order valence-electron chi connectivity index (χ3n) is 3.21. The average Bonchev–Trinajstić information content (AvgIpc) is 2.73. The standard InChI is InChI=1S/C12H14N2O4/c1-7-5-9(12(18)13(7)6-8(2)15)14-10(16)3-4-11(14)17/h3-4,7,9H,5-6H2,1-2H3. The van der Waals surface area contributed by atoms with Gasteiger partial charge in [-0.25, -0.2) is 0 Å². The largest absolute Gasteiger partial charge is 0.331 e. The van der Waals surface area contributed by atoms with Gasteiger partial charge in [0.25, 0.3) is 11.8 Å². The third-order valence-corrected chi connectivity index (χ3v) is 3.21. The molecule has 2 heterocycles. The maximum absolute atomic E-state index is 12.1. The van der Waals surface area contributed by atoms with E-state index in [1.54, 1.807) is 6.92 Å². The van der Waals surface area contributed by atoms with Crippen molar-refractivity contribution in [1.82, 2.24) is 9.80 Å². The summed E-state index contributed by atoms with van der Waals surface area (Å²) in [5, 5.41) is 0. The topological polar surface area (TPSA) is 74.8 Å². The molecular formula is C12H14N2O4. The molecule has 0 saturated carbocycles. The van der Waals surface area contributed by atoms with E-state index in [1.165, 1.54) is 11.8 Å². The summed E-state index contributed by atoms with van der Waals surface area (Å²) in [4.78, 5) is 48.7. The Hall–Kier alpha value is -1.98. The molecule has 0 aromatic heterocycles. The van der Waals surface area contributed by atoms with E-state index in [9.17, 15) is 19.2 Å². The van der Waals surface area contributed by atoms with Crippen LogP contribution in [0.2, 0.25) is 0 Å². The first-order valence-corrected chi connectivity index (χ1v) is 5.77. The Morgan fingerprint density at radius 2 is 1.83 bits per heavy atom. The van der Waals surface area contributed by atoms with Crippen LogP contribution in [0.15, 0.2) is 12.2 Å². The van der Waals surface area contributed by atoms with Gasteiger partial charge in [-0.3, -0.25) is 24.1 Å². The minimum Gasteiger partial charge on any atom is -0.331 e. The van der Waals surface area contributed by atoms with Gasteiger partial charge in [0.2, 0.25) is 5.91 Å². The van der Waals surface area contributed by atoms with E-state index in [4.69, 9.17) is 0 Å². The van der Waals surface area contributed by atoms with Crippen molar-refractivity contribution >= 4 is 23.5 Å². The number of hydrogen-bond donors (Lipinski definition) is 0. The van der Waals surface area contributed by atoms with Gasteiger partial charge in [-0.15, -0.1) is 0 Å². The maximum atomic E-state index is 12.1. The molecule has 1 saturated heterocycles. The summed E-state index contributed by atoms with van der Waals surface area (Å²) >= 11 is 0. The van der Waals surface area contributed by atoms with Crippen molar-refractivity contribution in [3.05, 3.63) is 12.2 Å². The Kier molecular flexibility index (Phi) is 3.02. The van der Waals surface area contributed by atoms with Gasteiger partial charge >= 0.3 is 0 Å². The van der Waals surface area contributed by atoms with Crippen molar-refractivity contribution in [1.29, 1.82) is 0 Å². The normalized spacial score (nSPS) is 27.6. The molecule has 0 aliphatic carbocycles. The van der Waals surface area contributed by atoms with Gasteiger partial charge in [-0.05, 0) is 20.3 Å². The zero-order valence-corrected chi connectivity index (χ0v) is 10.3. The average molecular weight is 250 g/mol. The second-order valence-electron chi connectivity index (χ2n) is 4.65. The summed E-state index contributed by atoms with van der Waals surface area (Å²) in [5.74, 6) is -1.37. The summed E-state index contributed by atoms with van der Waals surface area (Å²) in [6.45, 7) is 3.24. The first-order chi connectivity index (χ1) is 8.41. The van der Waals surface area contributed by atoms with Crippen molar-refractivity contribution in [3.63, 3.8) is 0 Å². The van der Waals surface area contributed by atoms with Crippen LogP contribution < -0.4 is 0 Å². The number of rotatable bonds is 3. The molecule has 0 radical (unpaired) electrons. The minimum absolute atomic E-state index is 0.0279. The van der Waals surface area contributed by atoms with Crippen LogP contribution in [0.3, 0.4) is 0 Å². The Labute approximate surface area is 104 Å². The second-order valence-corrected chi connectivity index (χ2v) is 4.65. The van der Waals surface area contributed by atoms with Crippen LogP contribution in [0.25, 0.3) is 0 Å². The lowest BCUT2D eigenvalue weighted by atomic mass is 10.1. The fourth-order valence-corrected chi connectivity index (χ4v) is 2.37. The Morgan fingerprint density at radius 3 is 2.33 bits per heavy atom. The summed E-state index contributed by atoms with van der Waals surface area (Å²) in [6, 6.07) is -0.915. The molecule has 0 spiro atoms. The van der Waals surface area contributed by atoms with Crippen molar-refractivity contribution in [2.45, 2.75) is 32.4 Å². The molecule has 6 heteroatoms. The number of amides is 3. The lowest BCUT2D eigenvalue weighted by molar-refractivity contribution is -0.146. The number of hydrogen-bond acceptors (Lipinski definition) is 4. The van der Waals surface area contributed by atoms with Crippen LogP contribution in [0.4, 0.5) is 0 Å². The smallest absolute Gasteiger partial charge is 0.254 e. The van der Waals surface area contributed by atoms with Crippen LogP contribution >= 0.6 is 0 Å². The zero-order valence-electron chi connectivity index (χ0n) is 10.3. The lowest BCUT2D eigenvalue weighted by Crippen LogP contribution is -2.46. The summed E-state index contributed by atoms with van der Waals surface area (Å²) in [6.07, 6.45) is 2.70. The Balaban J connectivity index is 2.18. The lowest BCUT2D eigenvalue weighted by Gasteiger charge is -2.21. The van der Waals surface area contributed by atoms with E-state index >= 15 is 0 Å². The van der Waals surface area contributed by atoms with Crippen LogP contribution in [0.1, 0.15) is 20.3 Å². The molecule has 96 valence electrons. The van der Waals surface area contributed by atoms with Crippen LogP contribution in [0, 0.1) is 0 Å². The quantitative estimate of drug-likeness (QED) is 0.632. The molecule has 0 N–H and O–H groups in total. The van der Waals surface area contributed by atoms with Gasteiger partial charge in [-0.2, -0.15) is 0 Å². The molecule has 1 fully saturated rings. The molecule has 2 aliphatic rings. The van der Waals surface area contributed by atoms with Crippen molar-refractivity contribution in [3.8, 4) is 0 Å². The molecule has 2 rings (SSSR count). The van der Waals surface area contributed by atoms with E-state index in [2.05, 4.69) is 0 Å². The summed E-state index contributed by atoms with van der Waals surface area (Å²) in [7, 11) is 0. The van der Waals surface area contributed by atoms with E-state index in [0.29, 0.717) is 6.42 Å². The monoisotopic (exact) mass is 250 g/mol. The van der Waals surface area contributed by atoms with E-state index < -0.39 is 17.9 Å². The van der Waals surface area contributed by atoms with Gasteiger partial charge in [0.05, 0.1) is 6.54 Å². The van der Waals surface area contributed by atoms with Crippen molar-refractivity contribution < 1.29 is 19.2 Å². The minimum atomic E-state index is -0.769. The number of Topliss-reactive ketones (excluding diaryl/α,β-unsaturated/α-hetero) is 1. The molecule has 18 heavy (non-hydrogen) atoms. The fraction of sp³-hybridized carbons (Fsp3) is 0.500. The summed E-state index contributed by atoms with van der Waals surface area (Å²) < 4.78 is 0. The molecule has 2 atom stereocenters. The van der Waals surface area contributed by atoms with Crippen LogP contribution in [-0.2, 0) is 19.2 Å². The fourth-order valence-electron chi connectivity index (χ4n) is 2.37. The highest BCUT2D eigenvalue weighted by molar-refractivity contribution is 6.15. The molecule has 2 aliphatic heterocycles. The molecule has 0 aromatic carbocycles. The van der Waals surface area contributed by atoms with Crippen LogP contribution in [0.5, 0.6) is 0 Å². The van der Waals surface area contributed by atoms with Gasteiger partial charge < -0.3 is 4.90 Å². The maximum Gasteiger partial charge on any atom is 0.254 e. The third kappa shape index (κ3) is 1.94. The molecule has 0 aromatic rings. The van der Waals surface area contributed by atoms with Gasteiger partial charge in [0.15, 0.2) is 0 Å². The number of carbonyl (C=O) groups is 4. The van der Waals surface area contributed by atoms with Crippen LogP contribution in [-0.4, -0.2) is 51.9 Å².